The van der Waals surface area contributed by atoms with E-state index in [2.05, 4.69) is 50.9 Å². The molecule has 2 heteroatoms. The molecule has 0 aromatic heterocycles. The summed E-state index contributed by atoms with van der Waals surface area (Å²) in [7, 11) is -1.70. The minimum Gasteiger partial charge on any atom is -0.299 e. The Labute approximate surface area is 118 Å². The monoisotopic (exact) mass is 274 g/mol. The van der Waals surface area contributed by atoms with Crippen molar-refractivity contribution in [3.05, 3.63) is 42.5 Å². The van der Waals surface area contributed by atoms with Gasteiger partial charge in [-0.1, -0.05) is 68.0 Å². The van der Waals surface area contributed by atoms with E-state index in [4.69, 9.17) is 0 Å². The maximum Gasteiger partial charge on any atom is 0.135 e. The molecule has 0 unspecified atom stereocenters. The van der Waals surface area contributed by atoms with Crippen LogP contribution in [0.5, 0.6) is 0 Å². The Balaban J connectivity index is 3.05. The van der Waals surface area contributed by atoms with E-state index < -0.39 is 8.07 Å². The van der Waals surface area contributed by atoms with Crippen LogP contribution in [0.2, 0.25) is 18.6 Å². The molecule has 1 nitrogen and oxygen atoms in total. The van der Waals surface area contributed by atoms with Crippen molar-refractivity contribution in [1.82, 2.24) is 0 Å². The van der Waals surface area contributed by atoms with E-state index in [-0.39, 0.29) is 5.92 Å². The van der Waals surface area contributed by atoms with Crippen molar-refractivity contribution in [1.29, 1.82) is 0 Å². The largest absolute Gasteiger partial charge is 0.299 e. The van der Waals surface area contributed by atoms with Gasteiger partial charge in [-0.05, 0) is 12.5 Å². The molecule has 0 spiro atoms. The van der Waals surface area contributed by atoms with E-state index in [1.54, 1.807) is 0 Å². The van der Waals surface area contributed by atoms with Gasteiger partial charge in [0.25, 0.3) is 0 Å². The number of carbonyl (C=O) groups excluding carboxylic acids is 1. The lowest BCUT2D eigenvalue weighted by Crippen LogP contribution is -2.47. The minimum atomic E-state index is -1.70. The first kappa shape index (κ1) is 15.9. The van der Waals surface area contributed by atoms with Gasteiger partial charge in [0, 0.05) is 12.3 Å². The molecule has 0 N–H and O–H groups in total. The van der Waals surface area contributed by atoms with Gasteiger partial charge in [0.15, 0.2) is 0 Å². The van der Waals surface area contributed by atoms with Gasteiger partial charge < -0.3 is 0 Å². The highest BCUT2D eigenvalue weighted by atomic mass is 28.3. The van der Waals surface area contributed by atoms with Gasteiger partial charge in [0.1, 0.15) is 5.78 Å². The molecule has 0 radical (unpaired) electrons. The van der Waals surface area contributed by atoms with Crippen LogP contribution in [0.3, 0.4) is 0 Å². The highest BCUT2D eigenvalue weighted by Crippen LogP contribution is 2.33. The second-order valence-electron chi connectivity index (χ2n) is 6.31. The lowest BCUT2D eigenvalue weighted by atomic mass is 10.0. The molecule has 0 heterocycles. The molecule has 0 fully saturated rings. The van der Waals surface area contributed by atoms with Crippen molar-refractivity contribution in [2.75, 3.05) is 0 Å². The molecular weight excluding hydrogens is 248 g/mol. The van der Waals surface area contributed by atoms with Crippen LogP contribution in [0, 0.1) is 5.92 Å². The number of carbonyl (C=O) groups is 1. The van der Waals surface area contributed by atoms with Gasteiger partial charge in [-0.25, -0.2) is 0 Å². The molecule has 1 aromatic carbocycles. The molecule has 0 aliphatic carbocycles. The molecule has 1 atom stereocenters. The Morgan fingerprint density at radius 1 is 1.21 bits per heavy atom. The maximum atomic E-state index is 12.1. The molecule has 1 aromatic rings. The number of Topliss-reactive ketones (excluding diaryl/α,β-unsaturated/α-hetero) is 1. The summed E-state index contributed by atoms with van der Waals surface area (Å²) < 4.78 is 0. The Hall–Kier alpha value is -1.15. The van der Waals surface area contributed by atoms with Gasteiger partial charge in [0.05, 0.1) is 8.07 Å². The number of ketones is 1. The van der Waals surface area contributed by atoms with E-state index in [0.717, 1.165) is 5.57 Å². The van der Waals surface area contributed by atoms with Gasteiger partial charge >= 0.3 is 0 Å². The van der Waals surface area contributed by atoms with Gasteiger partial charge in [0.2, 0.25) is 0 Å². The van der Waals surface area contributed by atoms with E-state index >= 15 is 0 Å². The summed E-state index contributed by atoms with van der Waals surface area (Å²) >= 11 is 0. The summed E-state index contributed by atoms with van der Waals surface area (Å²) in [5, 5.41) is 1.40. The SMILES string of the molecule is C=C(C)[C@@H](CC(=O)C(C)C)[Si](C)(C)c1ccccc1. The van der Waals surface area contributed by atoms with Crippen LogP contribution >= 0.6 is 0 Å². The fourth-order valence-corrected chi connectivity index (χ4v) is 5.95. The van der Waals surface area contributed by atoms with Crippen LogP contribution in [0.15, 0.2) is 42.5 Å². The van der Waals surface area contributed by atoms with Crippen molar-refractivity contribution in [2.45, 2.75) is 45.8 Å². The standard InChI is InChI=1S/C17H26OSi/c1-13(2)16(18)12-17(14(3)4)19(5,6)15-10-8-7-9-11-15/h7-11,13,17H,3,12H2,1-2,4-6H3/t17-/m1/s1. The summed E-state index contributed by atoms with van der Waals surface area (Å²) in [5.74, 6) is 0.465. The first-order valence-corrected chi connectivity index (χ1v) is 10.1. The maximum absolute atomic E-state index is 12.1. The summed E-state index contributed by atoms with van der Waals surface area (Å²) in [5.41, 5.74) is 1.47. The highest BCUT2D eigenvalue weighted by Gasteiger charge is 2.35. The summed E-state index contributed by atoms with van der Waals surface area (Å²) in [6.07, 6.45) is 0.640. The van der Waals surface area contributed by atoms with Gasteiger partial charge in [-0.2, -0.15) is 0 Å². The van der Waals surface area contributed by atoms with E-state index in [1.807, 2.05) is 19.9 Å². The van der Waals surface area contributed by atoms with E-state index in [1.165, 1.54) is 5.19 Å². The molecule has 19 heavy (non-hydrogen) atoms. The van der Waals surface area contributed by atoms with Crippen molar-refractivity contribution in [2.24, 2.45) is 5.92 Å². The second kappa shape index (κ2) is 6.33. The van der Waals surface area contributed by atoms with Crippen molar-refractivity contribution in [3.8, 4) is 0 Å². The topological polar surface area (TPSA) is 17.1 Å². The van der Waals surface area contributed by atoms with E-state index in [9.17, 15) is 4.79 Å². The third-order valence-corrected chi connectivity index (χ3v) is 8.29. The second-order valence-corrected chi connectivity index (χ2v) is 11.0. The normalized spacial score (nSPS) is 13.4. The molecule has 0 amide bonds. The molecule has 0 aliphatic heterocycles. The van der Waals surface area contributed by atoms with Crippen LogP contribution in [0.1, 0.15) is 27.2 Å². The predicted octanol–water partition coefficient (Wildman–Crippen LogP) is 4.16. The third kappa shape index (κ3) is 3.90. The number of hydrogen-bond acceptors (Lipinski definition) is 1. The molecule has 0 bridgehead atoms. The molecule has 0 aliphatic rings. The molecular formula is C17H26OSi. The summed E-state index contributed by atoms with van der Waals surface area (Å²) in [6, 6.07) is 10.6. The zero-order valence-corrected chi connectivity index (χ0v) is 13.9. The Morgan fingerprint density at radius 3 is 2.16 bits per heavy atom. The molecule has 104 valence electrons. The minimum absolute atomic E-state index is 0.113. The van der Waals surface area contributed by atoms with Crippen LogP contribution in [0.4, 0.5) is 0 Å². The number of hydrogen-bond donors (Lipinski definition) is 0. The summed E-state index contributed by atoms with van der Waals surface area (Å²) in [6.45, 7) is 14.9. The zero-order chi connectivity index (χ0) is 14.6. The third-order valence-electron chi connectivity index (χ3n) is 4.03. The van der Waals surface area contributed by atoms with Gasteiger partial charge in [-0.15, -0.1) is 6.58 Å². The lowest BCUT2D eigenvalue weighted by Gasteiger charge is -2.33. The van der Waals surface area contributed by atoms with Crippen LogP contribution in [-0.4, -0.2) is 13.9 Å². The fourth-order valence-electron chi connectivity index (χ4n) is 2.55. The first-order valence-electron chi connectivity index (χ1n) is 7.00. The number of benzene rings is 1. The molecule has 0 saturated carbocycles. The average molecular weight is 274 g/mol. The van der Waals surface area contributed by atoms with E-state index in [0.29, 0.717) is 17.7 Å². The van der Waals surface area contributed by atoms with Crippen LogP contribution in [-0.2, 0) is 4.79 Å². The highest BCUT2D eigenvalue weighted by molar-refractivity contribution is 6.91. The Bertz CT molecular complexity index is 446. The molecule has 1 rings (SSSR count). The predicted molar refractivity (Wildman–Crippen MR) is 86.6 cm³/mol. The Morgan fingerprint density at radius 2 is 1.74 bits per heavy atom. The first-order chi connectivity index (χ1) is 8.76. The Kier molecular flexibility index (Phi) is 5.30. The average Bonchev–Trinajstić information content (AvgIpc) is 2.35. The number of rotatable bonds is 6. The summed E-state index contributed by atoms with van der Waals surface area (Å²) in [4.78, 5) is 12.1. The van der Waals surface area contributed by atoms with Crippen LogP contribution < -0.4 is 5.19 Å². The van der Waals surface area contributed by atoms with Crippen molar-refractivity contribution in [3.63, 3.8) is 0 Å². The zero-order valence-electron chi connectivity index (χ0n) is 12.9. The quantitative estimate of drug-likeness (QED) is 0.562. The van der Waals surface area contributed by atoms with Crippen LogP contribution in [0.25, 0.3) is 0 Å². The van der Waals surface area contributed by atoms with Gasteiger partial charge in [-0.3, -0.25) is 4.79 Å². The number of allylic oxidation sites excluding steroid dienone is 1. The van der Waals surface area contributed by atoms with Crippen molar-refractivity contribution < 1.29 is 4.79 Å². The lowest BCUT2D eigenvalue weighted by molar-refractivity contribution is -0.121. The van der Waals surface area contributed by atoms with Crippen molar-refractivity contribution >= 4 is 19.0 Å². The smallest absolute Gasteiger partial charge is 0.135 e. The molecule has 0 saturated heterocycles. The fraction of sp³-hybridized carbons (Fsp3) is 0.471.